The molecule has 13 heteroatoms. The number of anilines is 1. The van der Waals surface area contributed by atoms with E-state index in [1.807, 2.05) is 53.1 Å². The molecular weight excluding hydrogens is 665 g/mol. The predicted molar refractivity (Wildman–Crippen MR) is 194 cm³/mol. The van der Waals surface area contributed by atoms with Crippen molar-refractivity contribution in [3.05, 3.63) is 112 Å². The number of nitrogens with zero attached hydrogens (tertiary/aromatic N) is 5. The first kappa shape index (κ1) is 33.2. The van der Waals surface area contributed by atoms with Crippen molar-refractivity contribution in [2.45, 2.75) is 41.4 Å². The van der Waals surface area contributed by atoms with Gasteiger partial charge in [-0.2, -0.15) is 0 Å². The Labute approximate surface area is 290 Å². The number of para-hydroxylation sites is 1. The number of non-ortho nitro benzene ring substituents is 1. The predicted octanol–water partition coefficient (Wildman–Crippen LogP) is 8.78. The number of amides is 1. The lowest BCUT2D eigenvalue weighted by atomic mass is 9.87. The maximum absolute atomic E-state index is 13.1. The second kappa shape index (κ2) is 14.2. The molecule has 0 aliphatic rings. The molecule has 2 heterocycles. The standard InChI is InChI=1S/C35H32N6O4S3/c1-35(2,3)24-12-10-22(11-13-24)32-38-39-33(40(32)26-8-6-5-7-9-26)46-21-31(42)36-25-14-16-28-30(19-25)48-34(37-28)47-20-23-18-27(41(43)44)15-17-29(23)45-4/h5-19H,20-21H2,1-4H3,(H,36,42). The lowest BCUT2D eigenvalue weighted by Gasteiger charge is -2.19. The first-order chi connectivity index (χ1) is 23.1. The molecule has 1 amide bonds. The van der Waals surface area contributed by atoms with Crippen LogP contribution in [0.15, 0.2) is 100 Å². The van der Waals surface area contributed by atoms with E-state index in [0.29, 0.717) is 28.2 Å². The van der Waals surface area contributed by atoms with E-state index < -0.39 is 4.92 Å². The number of nitrogens with one attached hydrogen (secondary N) is 1. The van der Waals surface area contributed by atoms with Crippen LogP contribution in [-0.2, 0) is 16.0 Å². The van der Waals surface area contributed by atoms with Gasteiger partial charge in [-0.15, -0.1) is 21.5 Å². The zero-order chi connectivity index (χ0) is 33.8. The van der Waals surface area contributed by atoms with E-state index in [1.54, 1.807) is 13.2 Å². The number of thiazole rings is 1. The minimum absolute atomic E-state index is 0.0147. The molecule has 6 rings (SSSR count). The first-order valence-corrected chi connectivity index (χ1v) is 17.8. The topological polar surface area (TPSA) is 125 Å². The molecule has 0 atom stereocenters. The maximum atomic E-state index is 13.1. The van der Waals surface area contributed by atoms with Gasteiger partial charge in [-0.25, -0.2) is 4.98 Å². The molecule has 4 aromatic carbocycles. The second-order valence-electron chi connectivity index (χ2n) is 11.8. The molecule has 0 aliphatic carbocycles. The molecule has 1 N–H and O–H groups in total. The lowest BCUT2D eigenvalue weighted by Crippen LogP contribution is -2.14. The van der Waals surface area contributed by atoms with E-state index in [-0.39, 0.29) is 22.8 Å². The summed E-state index contributed by atoms with van der Waals surface area (Å²) in [5.41, 5.74) is 5.32. The third-order valence-electron chi connectivity index (χ3n) is 7.47. The molecule has 0 aliphatic heterocycles. The van der Waals surface area contributed by atoms with Gasteiger partial charge in [0.15, 0.2) is 15.3 Å². The molecule has 0 fully saturated rings. The first-order valence-electron chi connectivity index (χ1n) is 15.0. The number of hydrogen-bond acceptors (Lipinski definition) is 10. The number of hydrogen-bond donors (Lipinski definition) is 1. The Morgan fingerprint density at radius 1 is 0.979 bits per heavy atom. The fourth-order valence-electron chi connectivity index (χ4n) is 4.98. The Morgan fingerprint density at radius 2 is 1.75 bits per heavy atom. The minimum Gasteiger partial charge on any atom is -0.496 e. The highest BCUT2D eigenvalue weighted by molar-refractivity contribution is 8.00. The van der Waals surface area contributed by atoms with E-state index >= 15 is 0 Å². The van der Waals surface area contributed by atoms with E-state index in [4.69, 9.17) is 9.72 Å². The Hall–Kier alpha value is -4.72. The van der Waals surface area contributed by atoms with E-state index in [0.717, 1.165) is 31.4 Å². The maximum Gasteiger partial charge on any atom is 0.270 e. The van der Waals surface area contributed by atoms with Crippen molar-refractivity contribution in [1.29, 1.82) is 0 Å². The highest BCUT2D eigenvalue weighted by atomic mass is 32.2. The van der Waals surface area contributed by atoms with E-state index in [1.165, 1.54) is 52.6 Å². The van der Waals surface area contributed by atoms with E-state index in [2.05, 4.69) is 60.6 Å². The van der Waals surface area contributed by atoms with Gasteiger partial charge in [0.05, 0.1) is 28.0 Å². The van der Waals surface area contributed by atoms with Crippen LogP contribution in [0.2, 0.25) is 0 Å². The molecule has 0 saturated heterocycles. The number of ether oxygens (including phenoxy) is 1. The molecule has 244 valence electrons. The number of benzene rings is 4. The Bertz CT molecular complexity index is 2090. The quantitative estimate of drug-likeness (QED) is 0.0804. The number of nitro benzene ring substituents is 1. The molecule has 48 heavy (non-hydrogen) atoms. The number of carbonyl (C=O) groups is 1. The third-order valence-corrected chi connectivity index (χ3v) is 10.6. The molecule has 0 radical (unpaired) electrons. The van der Waals surface area contributed by atoms with Gasteiger partial charge in [-0.1, -0.05) is 86.8 Å². The van der Waals surface area contributed by atoms with Gasteiger partial charge in [0.25, 0.3) is 5.69 Å². The number of thioether (sulfide) groups is 2. The van der Waals surface area contributed by atoms with Crippen LogP contribution >= 0.6 is 34.9 Å². The fourth-order valence-corrected chi connectivity index (χ4v) is 7.82. The van der Waals surface area contributed by atoms with Gasteiger partial charge in [0.1, 0.15) is 5.75 Å². The van der Waals surface area contributed by atoms with Crippen LogP contribution in [0.5, 0.6) is 5.75 Å². The van der Waals surface area contributed by atoms with Crippen LogP contribution in [0.4, 0.5) is 11.4 Å². The molecular formula is C35H32N6O4S3. The molecule has 0 unspecified atom stereocenters. The van der Waals surface area contributed by atoms with Crippen LogP contribution in [-0.4, -0.2) is 43.4 Å². The fraction of sp³-hybridized carbons (Fsp3) is 0.200. The number of rotatable bonds is 11. The second-order valence-corrected chi connectivity index (χ2v) is 15.0. The molecule has 0 spiro atoms. The number of aromatic nitrogens is 4. The largest absolute Gasteiger partial charge is 0.496 e. The molecule has 2 aromatic heterocycles. The number of fused-ring (bicyclic) bond motifs is 1. The zero-order valence-corrected chi connectivity index (χ0v) is 29.1. The average molecular weight is 697 g/mol. The van der Waals surface area contributed by atoms with Crippen molar-refractivity contribution in [1.82, 2.24) is 19.7 Å². The third kappa shape index (κ3) is 7.53. The van der Waals surface area contributed by atoms with Crippen molar-refractivity contribution in [2.75, 3.05) is 18.2 Å². The smallest absolute Gasteiger partial charge is 0.270 e. The van der Waals surface area contributed by atoms with Gasteiger partial charge in [-0.05, 0) is 47.4 Å². The lowest BCUT2D eigenvalue weighted by molar-refractivity contribution is -0.384. The van der Waals surface area contributed by atoms with Crippen molar-refractivity contribution in [3.8, 4) is 22.8 Å². The summed E-state index contributed by atoms with van der Waals surface area (Å²) in [7, 11) is 1.54. The van der Waals surface area contributed by atoms with Gasteiger partial charge in [0, 0.05) is 40.4 Å². The summed E-state index contributed by atoms with van der Waals surface area (Å²) in [6, 6.07) is 28.4. The highest BCUT2D eigenvalue weighted by Gasteiger charge is 2.20. The monoisotopic (exact) mass is 696 g/mol. The molecule has 0 bridgehead atoms. The zero-order valence-electron chi connectivity index (χ0n) is 26.7. The van der Waals surface area contributed by atoms with Gasteiger partial charge in [-0.3, -0.25) is 19.5 Å². The average Bonchev–Trinajstić information content (AvgIpc) is 3.70. The molecule has 10 nitrogen and oxygen atoms in total. The Kier molecular flexibility index (Phi) is 9.81. The summed E-state index contributed by atoms with van der Waals surface area (Å²) in [4.78, 5) is 28.6. The van der Waals surface area contributed by atoms with Crippen molar-refractivity contribution < 1.29 is 14.5 Å². The van der Waals surface area contributed by atoms with Crippen molar-refractivity contribution in [3.63, 3.8) is 0 Å². The highest BCUT2D eigenvalue weighted by Crippen LogP contribution is 2.36. The minimum atomic E-state index is -0.419. The van der Waals surface area contributed by atoms with Gasteiger partial charge >= 0.3 is 0 Å². The summed E-state index contributed by atoms with van der Waals surface area (Å²) in [6.45, 7) is 6.55. The summed E-state index contributed by atoms with van der Waals surface area (Å²) >= 11 is 4.29. The normalized spacial score (nSPS) is 11.5. The van der Waals surface area contributed by atoms with Crippen LogP contribution in [0, 0.1) is 10.1 Å². The number of carbonyl (C=O) groups excluding carboxylic acids is 1. The summed E-state index contributed by atoms with van der Waals surface area (Å²) in [5, 5.41) is 23.8. The van der Waals surface area contributed by atoms with E-state index in [9.17, 15) is 14.9 Å². The summed E-state index contributed by atoms with van der Waals surface area (Å²) < 4.78 is 9.09. The summed E-state index contributed by atoms with van der Waals surface area (Å²) in [5.74, 6) is 1.72. The van der Waals surface area contributed by atoms with Crippen LogP contribution in [0.1, 0.15) is 31.9 Å². The van der Waals surface area contributed by atoms with Gasteiger partial charge < -0.3 is 10.1 Å². The van der Waals surface area contributed by atoms with Crippen LogP contribution < -0.4 is 10.1 Å². The van der Waals surface area contributed by atoms with Gasteiger partial charge in [0.2, 0.25) is 5.91 Å². The van der Waals surface area contributed by atoms with Crippen LogP contribution in [0.25, 0.3) is 27.3 Å². The van der Waals surface area contributed by atoms with Crippen molar-refractivity contribution >= 4 is 62.4 Å². The SMILES string of the molecule is COc1ccc([N+](=O)[O-])cc1CSc1nc2ccc(NC(=O)CSc3nnc(-c4ccc(C(C)(C)C)cc4)n3-c3ccccc3)cc2s1. The number of nitro groups is 1. The van der Waals surface area contributed by atoms with Crippen LogP contribution in [0.3, 0.4) is 0 Å². The van der Waals surface area contributed by atoms with Crippen molar-refractivity contribution in [2.24, 2.45) is 0 Å². The summed E-state index contributed by atoms with van der Waals surface area (Å²) in [6.07, 6.45) is 0. The molecule has 0 saturated carbocycles. The Morgan fingerprint density at radius 3 is 2.46 bits per heavy atom. The number of methoxy groups -OCH3 is 1. The molecule has 6 aromatic rings. The Balaban J connectivity index is 1.14.